The molecule has 1 aliphatic heterocycles. The fraction of sp³-hybridized carbons (Fsp3) is 0.250. The van der Waals surface area contributed by atoms with Crippen LogP contribution >= 0.6 is 15.9 Å². The highest BCUT2D eigenvalue weighted by Crippen LogP contribution is 2.40. The number of rotatable bonds is 7. The summed E-state index contributed by atoms with van der Waals surface area (Å²) in [7, 11) is 0. The number of carbonyl (C=O) groups is 2. The molecule has 0 aliphatic carbocycles. The molecule has 7 heteroatoms. The van der Waals surface area contributed by atoms with Crippen LogP contribution in [0.2, 0.25) is 0 Å². The van der Waals surface area contributed by atoms with Crippen molar-refractivity contribution < 1.29 is 23.5 Å². The number of halogens is 2. The molecule has 162 valence electrons. The molecule has 2 aromatic carbocycles. The lowest BCUT2D eigenvalue weighted by Crippen LogP contribution is -2.29. The van der Waals surface area contributed by atoms with Gasteiger partial charge in [0.2, 0.25) is 0 Å². The van der Waals surface area contributed by atoms with Gasteiger partial charge in [0.15, 0.2) is 0 Å². The Morgan fingerprint density at radius 2 is 1.48 bits per heavy atom. The first-order valence-electron chi connectivity index (χ1n) is 9.96. The molecule has 1 aliphatic rings. The minimum Gasteiger partial charge on any atom is -0.463 e. The third-order valence-corrected chi connectivity index (χ3v) is 5.47. The first-order chi connectivity index (χ1) is 14.9. The first-order valence-corrected chi connectivity index (χ1v) is 10.8. The quantitative estimate of drug-likeness (QED) is 0.509. The van der Waals surface area contributed by atoms with Crippen molar-refractivity contribution in [1.29, 1.82) is 0 Å². The topological polar surface area (TPSA) is 55.8 Å². The zero-order valence-electron chi connectivity index (χ0n) is 17.3. The molecule has 3 rings (SSSR count). The van der Waals surface area contributed by atoms with E-state index in [1.807, 2.05) is 24.3 Å². The van der Waals surface area contributed by atoms with Gasteiger partial charge in [-0.3, -0.25) is 0 Å². The van der Waals surface area contributed by atoms with E-state index in [1.54, 1.807) is 43.3 Å². The third kappa shape index (κ3) is 5.41. The normalized spacial score (nSPS) is 14.0. The molecule has 0 saturated carbocycles. The first kappa shape index (κ1) is 22.7. The number of carbonyl (C=O) groups excluding carboxylic acids is 2. The molecule has 0 amide bonds. The highest BCUT2D eigenvalue weighted by molar-refractivity contribution is 9.10. The summed E-state index contributed by atoms with van der Waals surface area (Å²) >= 11 is 3.53. The zero-order chi connectivity index (χ0) is 22.4. The van der Waals surface area contributed by atoms with Crippen molar-refractivity contribution >= 4 is 27.9 Å². The Bertz CT molecular complexity index is 980. The van der Waals surface area contributed by atoms with Gasteiger partial charge in [0, 0.05) is 23.4 Å². The van der Waals surface area contributed by atoms with Crippen molar-refractivity contribution in [3.05, 3.63) is 93.5 Å². The maximum Gasteiger partial charge on any atom is 0.336 e. The number of benzene rings is 2. The minimum absolute atomic E-state index is 0.204. The van der Waals surface area contributed by atoms with Gasteiger partial charge < -0.3 is 14.4 Å². The Morgan fingerprint density at radius 1 is 0.935 bits per heavy atom. The van der Waals surface area contributed by atoms with Crippen molar-refractivity contribution in [2.45, 2.75) is 26.3 Å². The number of esters is 2. The SMILES string of the molecule is CCOC(=O)C1=CN(Cc2ccc(F)cc2)C=C(C(=O)OCC)C1c1ccccc1Br. The van der Waals surface area contributed by atoms with E-state index in [4.69, 9.17) is 9.47 Å². The Balaban J connectivity index is 2.09. The summed E-state index contributed by atoms with van der Waals surface area (Å²) < 4.78 is 24.6. The Morgan fingerprint density at radius 3 is 2.00 bits per heavy atom. The molecule has 0 atom stereocenters. The van der Waals surface area contributed by atoms with E-state index < -0.39 is 17.9 Å². The second-order valence-electron chi connectivity index (χ2n) is 6.86. The van der Waals surface area contributed by atoms with E-state index in [2.05, 4.69) is 15.9 Å². The van der Waals surface area contributed by atoms with Gasteiger partial charge in [0.1, 0.15) is 5.82 Å². The van der Waals surface area contributed by atoms with Crippen LogP contribution in [0.25, 0.3) is 0 Å². The van der Waals surface area contributed by atoms with Crippen LogP contribution in [0.15, 0.2) is 76.5 Å². The summed E-state index contributed by atoms with van der Waals surface area (Å²) in [5.41, 5.74) is 2.21. The minimum atomic E-state index is -0.654. The average molecular weight is 488 g/mol. The van der Waals surface area contributed by atoms with Crippen LogP contribution in [0.3, 0.4) is 0 Å². The van der Waals surface area contributed by atoms with Gasteiger partial charge in [-0.1, -0.05) is 46.3 Å². The largest absolute Gasteiger partial charge is 0.463 e. The number of hydrogen-bond acceptors (Lipinski definition) is 5. The molecule has 0 aromatic heterocycles. The predicted molar refractivity (Wildman–Crippen MR) is 118 cm³/mol. The Labute approximate surface area is 189 Å². The van der Waals surface area contributed by atoms with Crippen LogP contribution in [-0.4, -0.2) is 30.1 Å². The highest BCUT2D eigenvalue weighted by atomic mass is 79.9. The summed E-state index contributed by atoms with van der Waals surface area (Å²) in [5.74, 6) is -2.01. The molecule has 0 fully saturated rings. The van der Waals surface area contributed by atoms with E-state index in [9.17, 15) is 14.0 Å². The van der Waals surface area contributed by atoms with Gasteiger partial charge in [0.05, 0.1) is 30.3 Å². The maximum absolute atomic E-state index is 13.3. The molecule has 0 N–H and O–H groups in total. The molecule has 5 nitrogen and oxygen atoms in total. The smallest absolute Gasteiger partial charge is 0.336 e. The summed E-state index contributed by atoms with van der Waals surface area (Å²) in [6.07, 6.45) is 3.35. The van der Waals surface area contributed by atoms with Crippen molar-refractivity contribution in [3.63, 3.8) is 0 Å². The lowest BCUT2D eigenvalue weighted by Gasteiger charge is -2.31. The van der Waals surface area contributed by atoms with Crippen LogP contribution in [-0.2, 0) is 25.6 Å². The maximum atomic E-state index is 13.3. The molecule has 31 heavy (non-hydrogen) atoms. The monoisotopic (exact) mass is 487 g/mol. The van der Waals surface area contributed by atoms with Crippen LogP contribution < -0.4 is 0 Å². The molecular weight excluding hydrogens is 465 g/mol. The number of ether oxygens (including phenoxy) is 2. The van der Waals surface area contributed by atoms with Crippen LogP contribution in [0.5, 0.6) is 0 Å². The number of hydrogen-bond donors (Lipinski definition) is 0. The molecule has 0 bridgehead atoms. The Kier molecular flexibility index (Phi) is 7.63. The summed E-state index contributed by atoms with van der Waals surface area (Å²) in [6, 6.07) is 13.5. The molecule has 0 radical (unpaired) electrons. The zero-order valence-corrected chi connectivity index (χ0v) is 18.9. The number of nitrogens with zero attached hydrogens (tertiary/aromatic N) is 1. The summed E-state index contributed by atoms with van der Waals surface area (Å²) in [6.45, 7) is 4.21. The Hall–Kier alpha value is -2.93. The van der Waals surface area contributed by atoms with Crippen molar-refractivity contribution in [3.8, 4) is 0 Å². The van der Waals surface area contributed by atoms with Gasteiger partial charge in [-0.05, 0) is 43.2 Å². The second kappa shape index (κ2) is 10.4. The predicted octanol–water partition coefficient (Wildman–Crippen LogP) is 5.08. The van der Waals surface area contributed by atoms with Crippen molar-refractivity contribution in [1.82, 2.24) is 4.90 Å². The van der Waals surface area contributed by atoms with Crippen LogP contribution in [0.1, 0.15) is 30.9 Å². The second-order valence-corrected chi connectivity index (χ2v) is 7.72. The van der Waals surface area contributed by atoms with E-state index in [0.717, 1.165) is 15.6 Å². The molecule has 0 saturated heterocycles. The van der Waals surface area contributed by atoms with Gasteiger partial charge >= 0.3 is 11.9 Å². The molecule has 1 heterocycles. The average Bonchev–Trinajstić information content (AvgIpc) is 2.76. The van der Waals surface area contributed by atoms with Gasteiger partial charge in [-0.25, -0.2) is 14.0 Å². The fourth-order valence-corrected chi connectivity index (χ4v) is 3.93. The fourth-order valence-electron chi connectivity index (χ4n) is 3.42. The summed E-state index contributed by atoms with van der Waals surface area (Å²) in [5, 5.41) is 0. The van der Waals surface area contributed by atoms with Crippen LogP contribution in [0, 0.1) is 5.82 Å². The van der Waals surface area contributed by atoms with E-state index in [0.29, 0.717) is 17.7 Å². The molecule has 0 unspecified atom stereocenters. The summed E-state index contributed by atoms with van der Waals surface area (Å²) in [4.78, 5) is 27.5. The van der Waals surface area contributed by atoms with Gasteiger partial charge in [-0.15, -0.1) is 0 Å². The van der Waals surface area contributed by atoms with E-state index in [1.165, 1.54) is 12.1 Å². The molecular formula is C24H23BrFNO4. The van der Waals surface area contributed by atoms with Crippen molar-refractivity contribution in [2.75, 3.05) is 13.2 Å². The molecule has 0 spiro atoms. The van der Waals surface area contributed by atoms with Crippen LogP contribution in [0.4, 0.5) is 4.39 Å². The van der Waals surface area contributed by atoms with E-state index in [-0.39, 0.29) is 19.0 Å². The third-order valence-electron chi connectivity index (χ3n) is 4.75. The lowest BCUT2D eigenvalue weighted by molar-refractivity contribution is -0.139. The lowest BCUT2D eigenvalue weighted by atomic mass is 9.83. The van der Waals surface area contributed by atoms with E-state index >= 15 is 0 Å². The molecule has 2 aromatic rings. The standard InChI is InChI=1S/C24H23BrFNO4/c1-3-30-23(28)19-14-27(13-16-9-11-17(26)12-10-16)15-20(24(29)31-4-2)22(19)18-7-5-6-8-21(18)25/h5-12,14-15,22H,3-4,13H2,1-2H3. The highest BCUT2D eigenvalue weighted by Gasteiger charge is 2.36. The van der Waals surface area contributed by atoms with Gasteiger partial charge in [0.25, 0.3) is 0 Å². The van der Waals surface area contributed by atoms with Gasteiger partial charge in [-0.2, -0.15) is 0 Å². The van der Waals surface area contributed by atoms with Crippen molar-refractivity contribution in [2.24, 2.45) is 0 Å².